The minimum atomic E-state index is -0.226. The quantitative estimate of drug-likeness (QED) is 0.484. The van der Waals surface area contributed by atoms with Gasteiger partial charge in [0.05, 0.1) is 32.4 Å². The summed E-state index contributed by atoms with van der Waals surface area (Å²) >= 11 is 0. The standard InChI is InChI=1S/C27H27N3O3/c1-32-22-8-4-6-19(15-22)14-21-7-5-11-25(29-21)26-18-30(12-13-33-26)27(31)16-20-17-28-24-10-3-2-9-23(20)24/h2-11,15,17,26,28H,12-14,16,18H2,1H3/t26-/m0/s1. The molecule has 1 amide bonds. The van der Waals surface area contributed by atoms with Gasteiger partial charge >= 0.3 is 0 Å². The summed E-state index contributed by atoms with van der Waals surface area (Å²) in [5.41, 5.74) is 5.04. The number of aromatic nitrogens is 2. The zero-order valence-electron chi connectivity index (χ0n) is 18.7. The van der Waals surface area contributed by atoms with Crippen molar-refractivity contribution in [1.82, 2.24) is 14.9 Å². The number of nitrogens with one attached hydrogen (secondary N) is 1. The summed E-state index contributed by atoms with van der Waals surface area (Å²) in [6.45, 7) is 1.62. The number of fused-ring (bicyclic) bond motifs is 1. The smallest absolute Gasteiger partial charge is 0.227 e. The molecule has 0 aliphatic carbocycles. The zero-order valence-corrected chi connectivity index (χ0v) is 18.7. The molecule has 168 valence electrons. The number of carbonyl (C=O) groups excluding carboxylic acids is 1. The molecule has 1 fully saturated rings. The fraction of sp³-hybridized carbons (Fsp3) is 0.259. The van der Waals surface area contributed by atoms with E-state index in [1.54, 1.807) is 7.11 Å². The Hall–Kier alpha value is -3.64. The minimum Gasteiger partial charge on any atom is -0.497 e. The van der Waals surface area contributed by atoms with E-state index < -0.39 is 0 Å². The summed E-state index contributed by atoms with van der Waals surface area (Å²) in [6.07, 6.45) is 2.79. The van der Waals surface area contributed by atoms with Crippen molar-refractivity contribution in [2.45, 2.75) is 18.9 Å². The van der Waals surface area contributed by atoms with Gasteiger partial charge in [-0.2, -0.15) is 0 Å². The maximum atomic E-state index is 13.1. The Bertz CT molecular complexity index is 1270. The van der Waals surface area contributed by atoms with Gasteiger partial charge in [0.1, 0.15) is 11.9 Å². The minimum absolute atomic E-state index is 0.112. The molecule has 4 aromatic rings. The molecule has 0 spiro atoms. The molecule has 1 saturated heterocycles. The number of aromatic amines is 1. The number of ether oxygens (including phenoxy) is 2. The Balaban J connectivity index is 1.27. The molecular weight excluding hydrogens is 414 g/mol. The first kappa shape index (κ1) is 21.2. The van der Waals surface area contributed by atoms with Crippen LogP contribution >= 0.6 is 0 Å². The highest BCUT2D eigenvalue weighted by Gasteiger charge is 2.27. The summed E-state index contributed by atoms with van der Waals surface area (Å²) in [4.78, 5) is 23.1. The normalized spacial score (nSPS) is 16.2. The number of H-pyrrole nitrogens is 1. The molecule has 2 aromatic heterocycles. The summed E-state index contributed by atoms with van der Waals surface area (Å²) in [5.74, 6) is 0.948. The van der Waals surface area contributed by atoms with Gasteiger partial charge < -0.3 is 19.4 Å². The van der Waals surface area contributed by atoms with E-state index in [4.69, 9.17) is 14.5 Å². The van der Waals surface area contributed by atoms with E-state index in [1.165, 1.54) is 0 Å². The first-order valence-corrected chi connectivity index (χ1v) is 11.2. The number of para-hydroxylation sites is 1. The molecule has 6 heteroatoms. The van der Waals surface area contributed by atoms with E-state index in [1.807, 2.05) is 71.8 Å². The third-order valence-electron chi connectivity index (χ3n) is 6.11. The molecule has 0 bridgehead atoms. The van der Waals surface area contributed by atoms with Gasteiger partial charge in [-0.15, -0.1) is 0 Å². The van der Waals surface area contributed by atoms with Crippen molar-refractivity contribution in [3.05, 3.63) is 95.4 Å². The van der Waals surface area contributed by atoms with Crippen LogP contribution in [-0.4, -0.2) is 47.6 Å². The molecule has 1 aliphatic heterocycles. The van der Waals surface area contributed by atoms with Crippen molar-refractivity contribution >= 4 is 16.8 Å². The molecule has 5 rings (SSSR count). The van der Waals surface area contributed by atoms with E-state index in [9.17, 15) is 4.79 Å². The maximum absolute atomic E-state index is 13.1. The summed E-state index contributed by atoms with van der Waals surface area (Å²) in [6, 6.07) is 22.1. The molecule has 6 nitrogen and oxygen atoms in total. The molecule has 0 saturated carbocycles. The van der Waals surface area contributed by atoms with Crippen LogP contribution in [0, 0.1) is 0 Å². The van der Waals surface area contributed by atoms with Gasteiger partial charge in [0.2, 0.25) is 5.91 Å². The monoisotopic (exact) mass is 441 g/mol. The number of benzene rings is 2. The van der Waals surface area contributed by atoms with Crippen molar-refractivity contribution in [2.75, 3.05) is 26.8 Å². The lowest BCUT2D eigenvalue weighted by Crippen LogP contribution is -2.43. The lowest BCUT2D eigenvalue weighted by molar-refractivity contribution is -0.138. The molecular formula is C27H27N3O3. The van der Waals surface area contributed by atoms with Crippen LogP contribution in [0.5, 0.6) is 5.75 Å². The Morgan fingerprint density at radius 1 is 1.15 bits per heavy atom. The maximum Gasteiger partial charge on any atom is 0.227 e. The second-order valence-corrected chi connectivity index (χ2v) is 8.32. The van der Waals surface area contributed by atoms with Crippen molar-refractivity contribution in [2.24, 2.45) is 0 Å². The van der Waals surface area contributed by atoms with Crippen LogP contribution in [0.15, 0.2) is 72.9 Å². The third-order valence-corrected chi connectivity index (χ3v) is 6.11. The van der Waals surface area contributed by atoms with E-state index in [-0.39, 0.29) is 12.0 Å². The number of pyridine rings is 1. The van der Waals surface area contributed by atoms with Crippen molar-refractivity contribution in [3.8, 4) is 5.75 Å². The summed E-state index contributed by atoms with van der Waals surface area (Å²) in [7, 11) is 1.67. The highest BCUT2D eigenvalue weighted by atomic mass is 16.5. The second-order valence-electron chi connectivity index (χ2n) is 8.32. The lowest BCUT2D eigenvalue weighted by Gasteiger charge is -2.33. The van der Waals surface area contributed by atoms with Crippen LogP contribution in [-0.2, 0) is 22.4 Å². The van der Waals surface area contributed by atoms with Gasteiger partial charge in [0.15, 0.2) is 0 Å². The van der Waals surface area contributed by atoms with E-state index in [0.717, 1.165) is 39.2 Å². The number of hydrogen-bond donors (Lipinski definition) is 1. The number of methoxy groups -OCH3 is 1. The van der Waals surface area contributed by atoms with E-state index >= 15 is 0 Å². The van der Waals surface area contributed by atoms with Crippen LogP contribution in [0.2, 0.25) is 0 Å². The molecule has 1 aliphatic rings. The zero-order chi connectivity index (χ0) is 22.6. The Morgan fingerprint density at radius 2 is 2.03 bits per heavy atom. The molecule has 0 unspecified atom stereocenters. The Kier molecular flexibility index (Phi) is 6.09. The second kappa shape index (κ2) is 9.46. The highest BCUT2D eigenvalue weighted by Crippen LogP contribution is 2.24. The molecule has 2 aromatic carbocycles. The predicted molar refractivity (Wildman–Crippen MR) is 127 cm³/mol. The van der Waals surface area contributed by atoms with Crippen LogP contribution in [0.1, 0.15) is 28.6 Å². The average Bonchev–Trinajstić information content (AvgIpc) is 3.27. The van der Waals surface area contributed by atoms with Gasteiger partial charge in [-0.25, -0.2) is 0 Å². The fourth-order valence-corrected chi connectivity index (χ4v) is 4.37. The number of carbonyl (C=O) groups is 1. The number of morpholine rings is 1. The largest absolute Gasteiger partial charge is 0.497 e. The van der Waals surface area contributed by atoms with Crippen LogP contribution in [0.4, 0.5) is 0 Å². The fourth-order valence-electron chi connectivity index (χ4n) is 4.37. The highest BCUT2D eigenvalue weighted by molar-refractivity contribution is 5.88. The van der Waals surface area contributed by atoms with Gasteiger partial charge in [0.25, 0.3) is 0 Å². The molecule has 1 N–H and O–H groups in total. The van der Waals surface area contributed by atoms with Gasteiger partial charge in [0, 0.05) is 35.8 Å². The van der Waals surface area contributed by atoms with Gasteiger partial charge in [-0.3, -0.25) is 9.78 Å². The van der Waals surface area contributed by atoms with Crippen LogP contribution in [0.3, 0.4) is 0 Å². The van der Waals surface area contributed by atoms with Gasteiger partial charge in [-0.05, 0) is 41.5 Å². The van der Waals surface area contributed by atoms with Gasteiger partial charge in [-0.1, -0.05) is 36.4 Å². The lowest BCUT2D eigenvalue weighted by atomic mass is 10.1. The van der Waals surface area contributed by atoms with Crippen molar-refractivity contribution in [1.29, 1.82) is 0 Å². The molecule has 33 heavy (non-hydrogen) atoms. The predicted octanol–water partition coefficient (Wildman–Crippen LogP) is 4.30. The first-order chi connectivity index (χ1) is 16.2. The third kappa shape index (κ3) is 4.76. The summed E-state index contributed by atoms with van der Waals surface area (Å²) in [5, 5.41) is 1.10. The van der Waals surface area contributed by atoms with E-state index in [2.05, 4.69) is 11.1 Å². The molecule has 1 atom stereocenters. The number of hydrogen-bond acceptors (Lipinski definition) is 4. The Labute approximate surface area is 193 Å². The van der Waals surface area contributed by atoms with E-state index in [0.29, 0.717) is 32.5 Å². The first-order valence-electron chi connectivity index (χ1n) is 11.2. The average molecular weight is 442 g/mol. The SMILES string of the molecule is COc1cccc(Cc2cccc([C@@H]3CN(C(=O)Cc4c[nH]c5ccccc45)CCO3)n2)c1. The van der Waals surface area contributed by atoms with Crippen molar-refractivity contribution in [3.63, 3.8) is 0 Å². The summed E-state index contributed by atoms with van der Waals surface area (Å²) < 4.78 is 11.3. The van der Waals surface area contributed by atoms with Crippen molar-refractivity contribution < 1.29 is 14.3 Å². The number of nitrogens with zero attached hydrogens (tertiary/aromatic N) is 2. The van der Waals surface area contributed by atoms with Crippen LogP contribution in [0.25, 0.3) is 10.9 Å². The van der Waals surface area contributed by atoms with Crippen LogP contribution < -0.4 is 4.74 Å². The number of amides is 1. The Morgan fingerprint density at radius 3 is 2.94 bits per heavy atom. The molecule has 3 heterocycles. The topological polar surface area (TPSA) is 67.5 Å². The number of rotatable bonds is 6. The molecule has 0 radical (unpaired) electrons.